The molecule has 0 heterocycles. The second-order valence-corrected chi connectivity index (χ2v) is 4.58. The molecular weight excluding hydrogens is 243 g/mol. The normalized spacial score (nSPS) is 12.1. The molecule has 98 valence electrons. The van der Waals surface area contributed by atoms with E-state index in [1.807, 2.05) is 25.1 Å². The van der Waals surface area contributed by atoms with Crippen molar-refractivity contribution in [3.05, 3.63) is 71.0 Å². The van der Waals surface area contributed by atoms with Crippen molar-refractivity contribution in [2.24, 2.45) is 0 Å². The molecule has 2 aromatic rings. The van der Waals surface area contributed by atoms with Crippen molar-refractivity contribution in [1.29, 1.82) is 0 Å². The number of carboxylic acid groups (broad SMARTS) is 1. The summed E-state index contributed by atoms with van der Waals surface area (Å²) in [5.74, 6) is -1.88. The molecule has 0 saturated heterocycles. The van der Waals surface area contributed by atoms with Gasteiger partial charge in [0.25, 0.3) is 0 Å². The van der Waals surface area contributed by atoms with Crippen LogP contribution < -0.4 is 0 Å². The fourth-order valence-electron chi connectivity index (χ4n) is 2.11. The topological polar surface area (TPSA) is 37.3 Å². The van der Waals surface area contributed by atoms with Gasteiger partial charge in [-0.1, -0.05) is 36.4 Å². The third-order valence-corrected chi connectivity index (χ3v) is 3.24. The molecule has 2 aromatic carbocycles. The van der Waals surface area contributed by atoms with Gasteiger partial charge in [-0.3, -0.25) is 4.79 Å². The zero-order chi connectivity index (χ0) is 13.8. The van der Waals surface area contributed by atoms with Crippen LogP contribution in [0.3, 0.4) is 0 Å². The minimum Gasteiger partial charge on any atom is -0.481 e. The Morgan fingerprint density at radius 3 is 2.53 bits per heavy atom. The number of aryl methyl sites for hydroxylation is 1. The maximum atomic E-state index is 13.3. The van der Waals surface area contributed by atoms with Crippen molar-refractivity contribution in [2.75, 3.05) is 0 Å². The maximum Gasteiger partial charge on any atom is 0.311 e. The minimum absolute atomic E-state index is 0.295. The van der Waals surface area contributed by atoms with Crippen molar-refractivity contribution in [3.63, 3.8) is 0 Å². The molecule has 3 heteroatoms. The lowest BCUT2D eigenvalue weighted by atomic mass is 9.90. The summed E-state index contributed by atoms with van der Waals surface area (Å²) in [5, 5.41) is 9.35. The average molecular weight is 258 g/mol. The fraction of sp³-hybridized carbons (Fsp3) is 0.188. The Labute approximate surface area is 111 Å². The first-order chi connectivity index (χ1) is 9.08. The van der Waals surface area contributed by atoms with E-state index in [1.165, 1.54) is 12.1 Å². The fourth-order valence-corrected chi connectivity index (χ4v) is 2.11. The predicted octanol–water partition coefficient (Wildman–Crippen LogP) is 3.55. The first kappa shape index (κ1) is 13.3. The van der Waals surface area contributed by atoms with E-state index < -0.39 is 11.9 Å². The van der Waals surface area contributed by atoms with E-state index in [4.69, 9.17) is 0 Å². The van der Waals surface area contributed by atoms with Gasteiger partial charge < -0.3 is 5.11 Å². The molecule has 0 saturated carbocycles. The van der Waals surface area contributed by atoms with Crippen molar-refractivity contribution in [1.82, 2.24) is 0 Å². The van der Waals surface area contributed by atoms with E-state index in [2.05, 4.69) is 0 Å². The van der Waals surface area contributed by atoms with Gasteiger partial charge >= 0.3 is 5.97 Å². The second kappa shape index (κ2) is 5.65. The van der Waals surface area contributed by atoms with E-state index in [-0.39, 0.29) is 5.82 Å². The Bertz CT molecular complexity index is 579. The van der Waals surface area contributed by atoms with Crippen LogP contribution in [0.15, 0.2) is 48.5 Å². The lowest BCUT2D eigenvalue weighted by molar-refractivity contribution is -0.138. The summed E-state index contributed by atoms with van der Waals surface area (Å²) in [5.41, 5.74) is 2.37. The summed E-state index contributed by atoms with van der Waals surface area (Å²) >= 11 is 0. The minimum atomic E-state index is -0.894. The standard InChI is InChI=1S/C16H15FO2/c1-11-7-8-14(17)9-13(11)10-15(16(18)19)12-5-3-2-4-6-12/h2-9,15H,10H2,1H3,(H,18,19). The van der Waals surface area contributed by atoms with Gasteiger partial charge in [0.05, 0.1) is 5.92 Å². The molecule has 1 N–H and O–H groups in total. The highest BCUT2D eigenvalue weighted by Crippen LogP contribution is 2.23. The quantitative estimate of drug-likeness (QED) is 0.910. The third kappa shape index (κ3) is 3.19. The molecule has 1 unspecified atom stereocenters. The molecule has 19 heavy (non-hydrogen) atoms. The molecule has 0 aromatic heterocycles. The Morgan fingerprint density at radius 1 is 1.21 bits per heavy atom. The van der Waals surface area contributed by atoms with Gasteiger partial charge in [-0.05, 0) is 42.2 Å². The number of hydrogen-bond acceptors (Lipinski definition) is 1. The Morgan fingerprint density at radius 2 is 1.89 bits per heavy atom. The average Bonchev–Trinajstić information content (AvgIpc) is 2.40. The van der Waals surface area contributed by atoms with Crippen LogP contribution in [0.25, 0.3) is 0 Å². The third-order valence-electron chi connectivity index (χ3n) is 3.24. The number of hydrogen-bond donors (Lipinski definition) is 1. The molecule has 0 bridgehead atoms. The van der Waals surface area contributed by atoms with Crippen LogP contribution in [0, 0.1) is 12.7 Å². The summed E-state index contributed by atoms with van der Waals surface area (Å²) in [6, 6.07) is 13.5. The van der Waals surface area contributed by atoms with E-state index in [0.717, 1.165) is 16.7 Å². The maximum absolute atomic E-state index is 13.3. The van der Waals surface area contributed by atoms with Crippen molar-refractivity contribution >= 4 is 5.97 Å². The highest BCUT2D eigenvalue weighted by atomic mass is 19.1. The van der Waals surface area contributed by atoms with Crippen LogP contribution in [0.2, 0.25) is 0 Å². The molecule has 0 aliphatic rings. The molecule has 0 fully saturated rings. The highest BCUT2D eigenvalue weighted by Gasteiger charge is 2.21. The highest BCUT2D eigenvalue weighted by molar-refractivity contribution is 5.76. The molecule has 2 rings (SSSR count). The first-order valence-electron chi connectivity index (χ1n) is 6.10. The molecule has 0 radical (unpaired) electrons. The molecule has 1 atom stereocenters. The number of carboxylic acids is 1. The van der Waals surface area contributed by atoms with Gasteiger partial charge in [-0.2, -0.15) is 0 Å². The van der Waals surface area contributed by atoms with Crippen molar-refractivity contribution < 1.29 is 14.3 Å². The predicted molar refractivity (Wildman–Crippen MR) is 71.7 cm³/mol. The van der Waals surface area contributed by atoms with Gasteiger partial charge in [-0.25, -0.2) is 4.39 Å². The monoisotopic (exact) mass is 258 g/mol. The molecule has 0 aliphatic carbocycles. The summed E-state index contributed by atoms with van der Waals surface area (Å²) in [6.45, 7) is 1.86. The van der Waals surface area contributed by atoms with Gasteiger partial charge in [-0.15, -0.1) is 0 Å². The Kier molecular flexibility index (Phi) is 3.95. The number of halogens is 1. The van der Waals surface area contributed by atoms with Crippen LogP contribution in [-0.2, 0) is 11.2 Å². The van der Waals surface area contributed by atoms with Crippen LogP contribution in [0.1, 0.15) is 22.6 Å². The Balaban J connectivity index is 2.32. The smallest absolute Gasteiger partial charge is 0.311 e. The van der Waals surface area contributed by atoms with Crippen LogP contribution in [0.4, 0.5) is 4.39 Å². The first-order valence-corrected chi connectivity index (χ1v) is 6.10. The number of benzene rings is 2. The zero-order valence-electron chi connectivity index (χ0n) is 10.6. The summed E-state index contributed by atoms with van der Waals surface area (Å²) in [4.78, 5) is 11.4. The summed E-state index contributed by atoms with van der Waals surface area (Å²) < 4.78 is 13.3. The summed E-state index contributed by atoms with van der Waals surface area (Å²) in [6.07, 6.45) is 0.295. The molecule has 0 aliphatic heterocycles. The SMILES string of the molecule is Cc1ccc(F)cc1CC(C(=O)O)c1ccccc1. The largest absolute Gasteiger partial charge is 0.481 e. The molecular formula is C16H15FO2. The lowest BCUT2D eigenvalue weighted by Crippen LogP contribution is -2.15. The van der Waals surface area contributed by atoms with Crippen LogP contribution in [-0.4, -0.2) is 11.1 Å². The molecule has 0 amide bonds. The van der Waals surface area contributed by atoms with Gasteiger partial charge in [0.2, 0.25) is 0 Å². The number of carbonyl (C=O) groups is 1. The van der Waals surface area contributed by atoms with Crippen LogP contribution >= 0.6 is 0 Å². The Hall–Kier alpha value is -2.16. The molecule has 2 nitrogen and oxygen atoms in total. The van der Waals surface area contributed by atoms with Crippen molar-refractivity contribution in [3.8, 4) is 0 Å². The molecule has 0 spiro atoms. The second-order valence-electron chi connectivity index (χ2n) is 4.58. The van der Waals surface area contributed by atoms with E-state index >= 15 is 0 Å². The summed E-state index contributed by atoms with van der Waals surface area (Å²) in [7, 11) is 0. The zero-order valence-corrected chi connectivity index (χ0v) is 10.6. The van der Waals surface area contributed by atoms with E-state index in [9.17, 15) is 14.3 Å². The number of aliphatic carboxylic acids is 1. The van der Waals surface area contributed by atoms with Crippen molar-refractivity contribution in [2.45, 2.75) is 19.3 Å². The van der Waals surface area contributed by atoms with Gasteiger partial charge in [0.1, 0.15) is 5.82 Å². The number of rotatable bonds is 4. The van der Waals surface area contributed by atoms with E-state index in [1.54, 1.807) is 18.2 Å². The lowest BCUT2D eigenvalue weighted by Gasteiger charge is -2.14. The van der Waals surface area contributed by atoms with Gasteiger partial charge in [0, 0.05) is 0 Å². The van der Waals surface area contributed by atoms with Crippen LogP contribution in [0.5, 0.6) is 0 Å². The van der Waals surface area contributed by atoms with E-state index in [0.29, 0.717) is 6.42 Å². The van der Waals surface area contributed by atoms with Gasteiger partial charge in [0.15, 0.2) is 0 Å².